The average Bonchev–Trinajstić information content (AvgIpc) is 3.32. The van der Waals surface area contributed by atoms with Gasteiger partial charge in [0.2, 0.25) is 11.7 Å². The second-order valence-electron chi connectivity index (χ2n) is 8.11. The molecule has 0 spiro atoms. The Hall–Kier alpha value is -2.95. The first-order chi connectivity index (χ1) is 15.4. The predicted molar refractivity (Wildman–Crippen MR) is 119 cm³/mol. The number of carboxylic acids is 1. The molecule has 3 rings (SSSR count). The number of nitrogens with zero attached hydrogens (tertiary/aromatic N) is 4. The first kappa shape index (κ1) is 26.3. The second-order valence-corrected chi connectivity index (χ2v) is 8.11. The number of nitrogens with one attached hydrogen (secondary N) is 1. The van der Waals surface area contributed by atoms with E-state index in [1.807, 2.05) is 55.5 Å². The third kappa shape index (κ3) is 6.53. The van der Waals surface area contributed by atoms with E-state index in [0.29, 0.717) is 12.2 Å². The summed E-state index contributed by atoms with van der Waals surface area (Å²) in [6.45, 7) is 5.80. The van der Waals surface area contributed by atoms with Crippen molar-refractivity contribution in [2.45, 2.75) is 52.6 Å². The molecule has 0 fully saturated rings. The Morgan fingerprint density at radius 1 is 1.06 bits per heavy atom. The Labute approximate surface area is 206 Å². The van der Waals surface area contributed by atoms with Crippen LogP contribution in [0.5, 0.6) is 0 Å². The van der Waals surface area contributed by atoms with Crippen molar-refractivity contribution in [2.75, 3.05) is 0 Å². The van der Waals surface area contributed by atoms with Crippen molar-refractivity contribution in [2.24, 2.45) is 5.92 Å². The molecule has 9 heteroatoms. The molecule has 168 valence electrons. The molecule has 1 atom stereocenters. The zero-order valence-corrected chi connectivity index (χ0v) is 19.6. The van der Waals surface area contributed by atoms with Gasteiger partial charge in [-0.05, 0) is 34.2 Å². The van der Waals surface area contributed by atoms with E-state index in [0.717, 1.165) is 35.1 Å². The minimum atomic E-state index is -1.23. The van der Waals surface area contributed by atoms with E-state index < -0.39 is 12.0 Å². The maximum Gasteiger partial charge on any atom is 1.00 e. The van der Waals surface area contributed by atoms with E-state index >= 15 is 0 Å². The standard InChI is InChI=1S/C24H29N5O3.Li/c1-4-5-10-21(30)29(22(16(2)3)24(31)32)15-17-11-13-18(14-12-17)19-8-6-7-9-20(19)23-25-27-28-26-23;/h6-9,11-14,16,22H,4-5,10,15H2,1-3H3,(H,31,32)(H,25,26,27,28);/q;+1/p-1/t22-;/m0./s1. The quantitative estimate of drug-likeness (QED) is 0.437. The maximum atomic E-state index is 12.8. The van der Waals surface area contributed by atoms with Crippen LogP contribution in [0.4, 0.5) is 0 Å². The number of H-pyrrole nitrogens is 1. The molecule has 1 aromatic heterocycles. The Balaban J connectivity index is 0.00000385. The topological polar surface area (TPSA) is 115 Å². The summed E-state index contributed by atoms with van der Waals surface area (Å²) >= 11 is 0. The number of carbonyl (C=O) groups is 2. The van der Waals surface area contributed by atoms with Crippen molar-refractivity contribution in [1.82, 2.24) is 25.5 Å². The normalized spacial score (nSPS) is 11.6. The monoisotopic (exact) mass is 441 g/mol. The summed E-state index contributed by atoms with van der Waals surface area (Å²) in [5.74, 6) is -1.14. The summed E-state index contributed by atoms with van der Waals surface area (Å²) in [5.41, 5.74) is 3.61. The maximum absolute atomic E-state index is 12.8. The van der Waals surface area contributed by atoms with Crippen LogP contribution in [0, 0.1) is 5.92 Å². The van der Waals surface area contributed by atoms with Crippen LogP contribution in [0.1, 0.15) is 45.6 Å². The van der Waals surface area contributed by atoms with E-state index in [1.165, 1.54) is 4.90 Å². The molecule has 8 nitrogen and oxygen atoms in total. The van der Waals surface area contributed by atoms with Gasteiger partial charge in [0.15, 0.2) is 0 Å². The minimum absolute atomic E-state index is 0. The summed E-state index contributed by atoms with van der Waals surface area (Å²) in [4.78, 5) is 26.1. The van der Waals surface area contributed by atoms with Crippen molar-refractivity contribution in [3.8, 4) is 22.5 Å². The zero-order chi connectivity index (χ0) is 23.1. The van der Waals surface area contributed by atoms with Gasteiger partial charge in [0.05, 0.1) is 12.0 Å². The Morgan fingerprint density at radius 3 is 2.27 bits per heavy atom. The van der Waals surface area contributed by atoms with E-state index in [2.05, 4.69) is 20.6 Å². The number of hydrogen-bond acceptors (Lipinski definition) is 6. The molecule has 2 aromatic carbocycles. The number of aliphatic carboxylic acids is 1. The van der Waals surface area contributed by atoms with Gasteiger partial charge in [-0.25, -0.2) is 0 Å². The van der Waals surface area contributed by atoms with Crippen molar-refractivity contribution in [3.63, 3.8) is 0 Å². The molecular formula is C24H28LiN5O3. The fourth-order valence-electron chi connectivity index (χ4n) is 3.76. The number of carbonyl (C=O) groups excluding carboxylic acids is 2. The molecule has 0 bridgehead atoms. The number of amides is 1. The van der Waals surface area contributed by atoms with Crippen molar-refractivity contribution in [3.05, 3.63) is 54.1 Å². The number of aromatic amines is 1. The number of hydrogen-bond donors (Lipinski definition) is 1. The average molecular weight is 441 g/mol. The van der Waals surface area contributed by atoms with Gasteiger partial charge < -0.3 is 14.8 Å². The van der Waals surface area contributed by atoms with Gasteiger partial charge in [-0.15, -0.1) is 10.2 Å². The van der Waals surface area contributed by atoms with Gasteiger partial charge in [-0.1, -0.05) is 75.7 Å². The van der Waals surface area contributed by atoms with Crippen LogP contribution >= 0.6 is 0 Å². The molecule has 0 aliphatic carbocycles. The molecule has 0 unspecified atom stereocenters. The molecule has 0 aliphatic rings. The predicted octanol–water partition coefficient (Wildman–Crippen LogP) is -0.169. The fourth-order valence-corrected chi connectivity index (χ4v) is 3.76. The van der Waals surface area contributed by atoms with E-state index in [-0.39, 0.29) is 37.2 Å². The van der Waals surface area contributed by atoms with Crippen LogP contribution in [0.15, 0.2) is 48.5 Å². The summed E-state index contributed by atoms with van der Waals surface area (Å²) in [5, 5.41) is 26.1. The molecule has 3 aromatic rings. The van der Waals surface area contributed by atoms with Crippen LogP contribution < -0.4 is 24.0 Å². The van der Waals surface area contributed by atoms with Crippen LogP contribution in [-0.4, -0.2) is 43.4 Å². The smallest absolute Gasteiger partial charge is 0.548 e. The van der Waals surface area contributed by atoms with E-state index in [9.17, 15) is 14.7 Å². The third-order valence-corrected chi connectivity index (χ3v) is 5.40. The number of aromatic nitrogens is 4. The van der Waals surface area contributed by atoms with Gasteiger partial charge in [-0.2, -0.15) is 5.21 Å². The Kier molecular flexibility index (Phi) is 9.83. The molecule has 1 amide bonds. The molecule has 1 heterocycles. The van der Waals surface area contributed by atoms with E-state index in [4.69, 9.17) is 0 Å². The molecule has 0 aliphatic heterocycles. The van der Waals surface area contributed by atoms with Crippen LogP contribution in [-0.2, 0) is 16.1 Å². The van der Waals surface area contributed by atoms with Crippen molar-refractivity contribution in [1.29, 1.82) is 0 Å². The van der Waals surface area contributed by atoms with Crippen LogP contribution in [0.25, 0.3) is 22.5 Å². The largest absolute Gasteiger partial charge is 1.00 e. The summed E-state index contributed by atoms with van der Waals surface area (Å²) in [6.07, 6.45) is 1.91. The zero-order valence-electron chi connectivity index (χ0n) is 19.6. The molecule has 0 saturated heterocycles. The SMILES string of the molecule is CCCCC(=O)N(Cc1ccc(-c2ccccc2-c2nn[nH]n2)cc1)[C@H](C(=O)[O-])C(C)C.[Li+]. The van der Waals surface area contributed by atoms with Crippen LogP contribution in [0.2, 0.25) is 0 Å². The number of unbranched alkanes of at least 4 members (excludes halogenated alkanes) is 1. The second kappa shape index (κ2) is 12.3. The number of carboxylic acid groups (broad SMARTS) is 1. The van der Waals surface area contributed by atoms with Crippen LogP contribution in [0.3, 0.4) is 0 Å². The minimum Gasteiger partial charge on any atom is -0.548 e. The Bertz CT molecular complexity index is 1040. The molecule has 33 heavy (non-hydrogen) atoms. The van der Waals surface area contributed by atoms with Gasteiger partial charge >= 0.3 is 18.9 Å². The number of tetrazole rings is 1. The first-order valence-electron chi connectivity index (χ1n) is 10.8. The molecule has 0 radical (unpaired) electrons. The fraction of sp³-hybridized carbons (Fsp3) is 0.375. The summed E-state index contributed by atoms with van der Waals surface area (Å²) in [6, 6.07) is 14.5. The molecular weight excluding hydrogens is 413 g/mol. The van der Waals surface area contributed by atoms with Gasteiger partial charge in [0.1, 0.15) is 0 Å². The number of benzene rings is 2. The molecule has 0 saturated carbocycles. The van der Waals surface area contributed by atoms with Crippen molar-refractivity contribution < 1.29 is 33.6 Å². The van der Waals surface area contributed by atoms with Crippen molar-refractivity contribution >= 4 is 11.9 Å². The summed E-state index contributed by atoms with van der Waals surface area (Å²) < 4.78 is 0. The third-order valence-electron chi connectivity index (χ3n) is 5.40. The van der Waals surface area contributed by atoms with E-state index in [1.54, 1.807) is 13.8 Å². The molecule has 1 N–H and O–H groups in total. The van der Waals surface area contributed by atoms with Gasteiger partial charge in [0, 0.05) is 18.5 Å². The number of rotatable bonds is 10. The first-order valence-corrected chi connectivity index (χ1v) is 10.8. The van der Waals surface area contributed by atoms with Gasteiger partial charge in [0.25, 0.3) is 0 Å². The summed E-state index contributed by atoms with van der Waals surface area (Å²) in [7, 11) is 0. The van der Waals surface area contributed by atoms with Gasteiger partial charge in [-0.3, -0.25) is 4.79 Å². The Morgan fingerprint density at radius 2 is 1.73 bits per heavy atom.